The predicted octanol–water partition coefficient (Wildman–Crippen LogP) is 5.03. The van der Waals surface area contributed by atoms with Gasteiger partial charge in [-0.1, -0.05) is 40.5 Å². The fraction of sp³-hybridized carbons (Fsp3) is 0.750. The van der Waals surface area contributed by atoms with Gasteiger partial charge in [-0.3, -0.25) is 0 Å². The second-order valence-electron chi connectivity index (χ2n) is 7.02. The summed E-state index contributed by atoms with van der Waals surface area (Å²) in [5, 5.41) is 10.4. The zero-order valence-electron chi connectivity index (χ0n) is 13.8. The molecule has 1 heterocycles. The smallest absolute Gasteiger partial charge is 0.192 e. The molecule has 1 atom stereocenters. The highest BCUT2D eigenvalue weighted by Crippen LogP contribution is 2.37. The summed E-state index contributed by atoms with van der Waals surface area (Å²) in [5.74, 6) is 0.678. The van der Waals surface area contributed by atoms with Crippen molar-refractivity contribution in [2.45, 2.75) is 77.8 Å². The van der Waals surface area contributed by atoms with E-state index in [1.807, 2.05) is 6.07 Å². The minimum atomic E-state index is -1.77. The van der Waals surface area contributed by atoms with Crippen LogP contribution in [0.5, 0.6) is 0 Å². The van der Waals surface area contributed by atoms with Crippen LogP contribution in [0.3, 0.4) is 0 Å². The van der Waals surface area contributed by atoms with Gasteiger partial charge in [-0.25, -0.2) is 0 Å². The van der Waals surface area contributed by atoms with E-state index in [-0.39, 0.29) is 5.04 Å². The molecule has 0 aliphatic heterocycles. The van der Waals surface area contributed by atoms with E-state index in [1.54, 1.807) is 6.26 Å². The molecule has 0 aliphatic rings. The summed E-state index contributed by atoms with van der Waals surface area (Å²) in [7, 11) is -1.77. The molecular weight excluding hydrogens is 268 g/mol. The van der Waals surface area contributed by atoms with Crippen molar-refractivity contribution in [3.63, 3.8) is 0 Å². The number of hydrogen-bond donors (Lipinski definition) is 1. The first-order valence-corrected chi connectivity index (χ1v) is 10.5. The Morgan fingerprint density at radius 3 is 2.55 bits per heavy atom. The Labute approximate surface area is 124 Å². The molecule has 1 rings (SSSR count). The van der Waals surface area contributed by atoms with Crippen LogP contribution in [0.15, 0.2) is 16.7 Å². The molecule has 1 aromatic rings. The Balaban J connectivity index is 2.68. The first-order valence-electron chi connectivity index (χ1n) is 7.57. The number of unbranched alkanes of at least 4 members (excludes halogenated alkanes) is 1. The fourth-order valence-electron chi connectivity index (χ4n) is 1.76. The van der Waals surface area contributed by atoms with Crippen molar-refractivity contribution >= 4 is 8.32 Å². The molecule has 0 saturated heterocycles. The molecule has 0 radical (unpaired) electrons. The van der Waals surface area contributed by atoms with Gasteiger partial charge < -0.3 is 13.9 Å². The Bertz CT molecular complexity index is 404. The normalized spacial score (nSPS) is 14.6. The van der Waals surface area contributed by atoms with E-state index >= 15 is 0 Å². The monoisotopic (exact) mass is 298 g/mol. The summed E-state index contributed by atoms with van der Waals surface area (Å²) >= 11 is 0. The molecule has 0 unspecified atom stereocenters. The summed E-state index contributed by atoms with van der Waals surface area (Å²) in [6.07, 6.45) is 3.96. The standard InChI is InChI=1S/C16H30O3Si/c1-7-8-9-14(17)15-13(10-11-18-15)12-19-20(5,6)16(2,3)4/h10-11,14,17H,7-9,12H2,1-6H3/t14-/m0/s1. The molecule has 20 heavy (non-hydrogen) atoms. The third-order valence-corrected chi connectivity index (χ3v) is 8.79. The zero-order valence-corrected chi connectivity index (χ0v) is 14.8. The van der Waals surface area contributed by atoms with Crippen molar-refractivity contribution in [2.24, 2.45) is 0 Å². The maximum absolute atomic E-state index is 10.2. The average molecular weight is 298 g/mol. The highest BCUT2D eigenvalue weighted by atomic mass is 28.4. The van der Waals surface area contributed by atoms with Crippen LogP contribution in [0.4, 0.5) is 0 Å². The molecule has 0 aromatic carbocycles. The molecule has 0 aliphatic carbocycles. The minimum Gasteiger partial charge on any atom is -0.466 e. The van der Waals surface area contributed by atoms with E-state index in [1.165, 1.54) is 0 Å². The maximum atomic E-state index is 10.2. The molecule has 3 nitrogen and oxygen atoms in total. The Morgan fingerprint density at radius 1 is 1.35 bits per heavy atom. The van der Waals surface area contributed by atoms with Crippen molar-refractivity contribution in [1.29, 1.82) is 0 Å². The first kappa shape index (κ1) is 17.5. The number of aliphatic hydroxyl groups is 1. The van der Waals surface area contributed by atoms with Crippen LogP contribution in [-0.4, -0.2) is 13.4 Å². The van der Waals surface area contributed by atoms with Crippen molar-refractivity contribution < 1.29 is 13.9 Å². The van der Waals surface area contributed by atoms with Gasteiger partial charge in [0, 0.05) is 5.56 Å². The predicted molar refractivity (Wildman–Crippen MR) is 85.2 cm³/mol. The summed E-state index contributed by atoms with van der Waals surface area (Å²) in [5.41, 5.74) is 0.985. The van der Waals surface area contributed by atoms with Crippen LogP contribution in [0.1, 0.15) is 64.4 Å². The van der Waals surface area contributed by atoms with Gasteiger partial charge >= 0.3 is 0 Å². The van der Waals surface area contributed by atoms with E-state index in [0.29, 0.717) is 12.4 Å². The van der Waals surface area contributed by atoms with Crippen LogP contribution in [0.25, 0.3) is 0 Å². The van der Waals surface area contributed by atoms with Gasteiger partial charge in [-0.2, -0.15) is 0 Å². The van der Waals surface area contributed by atoms with E-state index in [4.69, 9.17) is 8.84 Å². The molecule has 1 N–H and O–H groups in total. The molecule has 4 heteroatoms. The summed E-state index contributed by atoms with van der Waals surface area (Å²) < 4.78 is 11.7. The molecule has 0 spiro atoms. The van der Waals surface area contributed by atoms with Crippen molar-refractivity contribution in [3.05, 3.63) is 23.7 Å². The third kappa shape index (κ3) is 4.47. The highest BCUT2D eigenvalue weighted by molar-refractivity contribution is 6.74. The number of hydrogen-bond acceptors (Lipinski definition) is 3. The second-order valence-corrected chi connectivity index (χ2v) is 11.8. The van der Waals surface area contributed by atoms with E-state index in [9.17, 15) is 5.11 Å². The molecule has 0 amide bonds. The number of furan rings is 1. The van der Waals surface area contributed by atoms with Crippen molar-refractivity contribution in [3.8, 4) is 0 Å². The van der Waals surface area contributed by atoms with Crippen LogP contribution in [0, 0.1) is 0 Å². The number of rotatable bonds is 7. The lowest BCUT2D eigenvalue weighted by atomic mass is 10.1. The lowest BCUT2D eigenvalue weighted by Gasteiger charge is -2.36. The van der Waals surface area contributed by atoms with E-state index in [0.717, 1.165) is 24.8 Å². The van der Waals surface area contributed by atoms with Crippen LogP contribution in [0.2, 0.25) is 18.1 Å². The largest absolute Gasteiger partial charge is 0.466 e. The molecule has 0 saturated carbocycles. The SMILES string of the molecule is CCCC[C@H](O)c1occc1CO[Si](C)(C)C(C)(C)C. The van der Waals surface area contributed by atoms with E-state index < -0.39 is 14.4 Å². The number of aliphatic hydroxyl groups excluding tert-OH is 1. The van der Waals surface area contributed by atoms with Crippen LogP contribution >= 0.6 is 0 Å². The van der Waals surface area contributed by atoms with Gasteiger partial charge in [0.05, 0.1) is 12.9 Å². The topological polar surface area (TPSA) is 42.6 Å². The van der Waals surface area contributed by atoms with Gasteiger partial charge in [0.15, 0.2) is 8.32 Å². The maximum Gasteiger partial charge on any atom is 0.192 e. The Morgan fingerprint density at radius 2 is 2.00 bits per heavy atom. The molecule has 0 bridgehead atoms. The average Bonchev–Trinajstić information content (AvgIpc) is 2.80. The summed E-state index contributed by atoms with van der Waals surface area (Å²) in [6.45, 7) is 13.8. The highest BCUT2D eigenvalue weighted by Gasteiger charge is 2.37. The van der Waals surface area contributed by atoms with Crippen LogP contribution < -0.4 is 0 Å². The van der Waals surface area contributed by atoms with Gasteiger partial charge in [0.2, 0.25) is 0 Å². The van der Waals surface area contributed by atoms with Gasteiger partial charge in [-0.15, -0.1) is 0 Å². The minimum absolute atomic E-state index is 0.192. The zero-order chi connectivity index (χ0) is 15.4. The molecule has 0 fully saturated rings. The Kier molecular flexibility index (Phi) is 6.04. The summed E-state index contributed by atoms with van der Waals surface area (Å²) in [4.78, 5) is 0. The third-order valence-electron chi connectivity index (χ3n) is 4.31. The van der Waals surface area contributed by atoms with Crippen molar-refractivity contribution in [2.75, 3.05) is 0 Å². The van der Waals surface area contributed by atoms with Crippen LogP contribution in [-0.2, 0) is 11.0 Å². The Hall–Kier alpha value is -0.583. The van der Waals surface area contributed by atoms with Gasteiger partial charge in [-0.05, 0) is 30.6 Å². The van der Waals surface area contributed by atoms with Crippen molar-refractivity contribution in [1.82, 2.24) is 0 Å². The molecule has 116 valence electrons. The fourth-order valence-corrected chi connectivity index (χ4v) is 2.71. The second kappa shape index (κ2) is 6.92. The molecule has 1 aromatic heterocycles. The lowest BCUT2D eigenvalue weighted by molar-refractivity contribution is 0.133. The summed E-state index contributed by atoms with van der Waals surface area (Å²) in [6, 6.07) is 1.91. The first-order chi connectivity index (χ1) is 9.19. The van der Waals surface area contributed by atoms with Gasteiger partial charge in [0.25, 0.3) is 0 Å². The van der Waals surface area contributed by atoms with E-state index in [2.05, 4.69) is 40.8 Å². The molecular formula is C16H30O3Si. The van der Waals surface area contributed by atoms with Gasteiger partial charge in [0.1, 0.15) is 11.9 Å². The quantitative estimate of drug-likeness (QED) is 0.718. The lowest BCUT2D eigenvalue weighted by Crippen LogP contribution is -2.40.